The van der Waals surface area contributed by atoms with E-state index in [1.165, 1.54) is 5.56 Å². The molecule has 0 saturated heterocycles. The molecule has 0 radical (unpaired) electrons. The first-order valence-electron chi connectivity index (χ1n) is 6.18. The largest absolute Gasteiger partial charge is 0.327 e. The van der Waals surface area contributed by atoms with Crippen LogP contribution in [-0.2, 0) is 0 Å². The molecule has 1 aromatic heterocycles. The van der Waals surface area contributed by atoms with Gasteiger partial charge in [-0.2, -0.15) is 0 Å². The lowest BCUT2D eigenvalue weighted by Crippen LogP contribution is -2.52. The van der Waals surface area contributed by atoms with Gasteiger partial charge < -0.3 is 5.73 Å². The fourth-order valence-corrected chi connectivity index (χ4v) is 2.69. The topological polar surface area (TPSA) is 69.6 Å². The van der Waals surface area contributed by atoms with Crippen molar-refractivity contribution in [1.82, 2.24) is 20.2 Å². The Morgan fingerprint density at radius 3 is 2.83 bits per heavy atom. The van der Waals surface area contributed by atoms with Gasteiger partial charge >= 0.3 is 0 Å². The van der Waals surface area contributed by atoms with Gasteiger partial charge in [0.25, 0.3) is 0 Å². The molecular formula is C13H17N5. The molecule has 2 atom stereocenters. The predicted molar refractivity (Wildman–Crippen MR) is 68.3 cm³/mol. The highest BCUT2D eigenvalue weighted by Gasteiger charge is 2.46. The molecule has 1 fully saturated rings. The molecule has 0 spiro atoms. The van der Waals surface area contributed by atoms with Crippen LogP contribution in [0.2, 0.25) is 0 Å². The zero-order chi connectivity index (χ0) is 12.8. The van der Waals surface area contributed by atoms with E-state index in [1.54, 1.807) is 11.0 Å². The minimum Gasteiger partial charge on any atom is -0.327 e. The SMILES string of the molecule is CC1(C)C(N)CC1c1cccc(-n2cnnn2)c1. The Hall–Kier alpha value is -1.75. The Morgan fingerprint density at radius 2 is 2.22 bits per heavy atom. The number of hydrogen-bond donors (Lipinski definition) is 1. The lowest BCUT2D eigenvalue weighted by Gasteiger charge is -2.50. The molecule has 18 heavy (non-hydrogen) atoms. The molecule has 3 rings (SSSR count). The normalized spacial score (nSPS) is 25.7. The molecule has 0 bridgehead atoms. The van der Waals surface area contributed by atoms with Crippen LogP contribution in [0.4, 0.5) is 0 Å². The fourth-order valence-electron chi connectivity index (χ4n) is 2.69. The van der Waals surface area contributed by atoms with Gasteiger partial charge in [-0.3, -0.25) is 0 Å². The number of tetrazole rings is 1. The minimum atomic E-state index is 0.166. The Bertz CT molecular complexity index is 546. The Morgan fingerprint density at radius 1 is 1.39 bits per heavy atom. The van der Waals surface area contributed by atoms with Crippen LogP contribution in [0.15, 0.2) is 30.6 Å². The summed E-state index contributed by atoms with van der Waals surface area (Å²) in [4.78, 5) is 0. The molecule has 2 aromatic rings. The average molecular weight is 243 g/mol. The number of rotatable bonds is 2. The van der Waals surface area contributed by atoms with Crippen LogP contribution < -0.4 is 5.73 Å². The van der Waals surface area contributed by atoms with Gasteiger partial charge in [0, 0.05) is 6.04 Å². The summed E-state index contributed by atoms with van der Waals surface area (Å²) in [7, 11) is 0. The Kier molecular flexibility index (Phi) is 2.45. The van der Waals surface area contributed by atoms with E-state index < -0.39 is 0 Å². The maximum atomic E-state index is 6.08. The summed E-state index contributed by atoms with van der Waals surface area (Å²) in [6.45, 7) is 4.46. The van der Waals surface area contributed by atoms with Crippen molar-refractivity contribution in [3.05, 3.63) is 36.2 Å². The maximum absolute atomic E-state index is 6.08. The van der Waals surface area contributed by atoms with E-state index in [0.29, 0.717) is 12.0 Å². The summed E-state index contributed by atoms with van der Waals surface area (Å²) < 4.78 is 1.68. The highest BCUT2D eigenvalue weighted by Crippen LogP contribution is 2.51. The third-order valence-corrected chi connectivity index (χ3v) is 4.23. The van der Waals surface area contributed by atoms with Crippen molar-refractivity contribution in [1.29, 1.82) is 0 Å². The third kappa shape index (κ3) is 1.62. The van der Waals surface area contributed by atoms with Crippen LogP contribution in [0, 0.1) is 5.41 Å². The molecule has 0 aliphatic heterocycles. The predicted octanol–water partition coefficient (Wildman–Crippen LogP) is 1.50. The van der Waals surface area contributed by atoms with Crippen molar-refractivity contribution >= 4 is 0 Å². The van der Waals surface area contributed by atoms with Gasteiger partial charge in [0.1, 0.15) is 6.33 Å². The molecule has 1 aromatic carbocycles. The summed E-state index contributed by atoms with van der Waals surface area (Å²) in [5.41, 5.74) is 8.55. The molecule has 1 aliphatic rings. The second kappa shape index (κ2) is 3.88. The van der Waals surface area contributed by atoms with E-state index in [0.717, 1.165) is 12.1 Å². The summed E-state index contributed by atoms with van der Waals surface area (Å²) in [6, 6.07) is 8.65. The van der Waals surface area contributed by atoms with E-state index >= 15 is 0 Å². The second-order valence-electron chi connectivity index (χ2n) is 5.57. The van der Waals surface area contributed by atoms with Crippen LogP contribution >= 0.6 is 0 Å². The van der Waals surface area contributed by atoms with Crippen molar-refractivity contribution in [2.75, 3.05) is 0 Å². The van der Waals surface area contributed by atoms with Crippen LogP contribution in [0.1, 0.15) is 31.7 Å². The summed E-state index contributed by atoms with van der Waals surface area (Å²) in [6.07, 6.45) is 2.66. The highest BCUT2D eigenvalue weighted by atomic mass is 15.5. The third-order valence-electron chi connectivity index (χ3n) is 4.23. The Balaban J connectivity index is 1.93. The molecule has 0 amide bonds. The molecule has 1 aliphatic carbocycles. The minimum absolute atomic E-state index is 0.166. The van der Waals surface area contributed by atoms with Gasteiger partial charge in [0.2, 0.25) is 0 Å². The monoisotopic (exact) mass is 243 g/mol. The zero-order valence-electron chi connectivity index (χ0n) is 10.6. The van der Waals surface area contributed by atoms with Crippen LogP contribution in [-0.4, -0.2) is 26.2 Å². The van der Waals surface area contributed by atoms with Crippen molar-refractivity contribution < 1.29 is 0 Å². The number of nitrogens with zero attached hydrogens (tertiary/aromatic N) is 4. The van der Waals surface area contributed by atoms with Gasteiger partial charge in [0.15, 0.2) is 0 Å². The first kappa shape index (κ1) is 11.3. The lowest BCUT2D eigenvalue weighted by molar-refractivity contribution is 0.0984. The van der Waals surface area contributed by atoms with Gasteiger partial charge in [-0.05, 0) is 45.9 Å². The van der Waals surface area contributed by atoms with Crippen molar-refractivity contribution in [3.8, 4) is 5.69 Å². The van der Waals surface area contributed by atoms with Crippen molar-refractivity contribution in [3.63, 3.8) is 0 Å². The molecule has 5 heteroatoms. The van der Waals surface area contributed by atoms with E-state index in [2.05, 4.69) is 41.5 Å². The quantitative estimate of drug-likeness (QED) is 0.867. The van der Waals surface area contributed by atoms with Crippen LogP contribution in [0.3, 0.4) is 0 Å². The van der Waals surface area contributed by atoms with Gasteiger partial charge in [-0.25, -0.2) is 4.68 Å². The molecule has 2 unspecified atom stereocenters. The maximum Gasteiger partial charge on any atom is 0.143 e. The first-order chi connectivity index (χ1) is 8.59. The van der Waals surface area contributed by atoms with Crippen molar-refractivity contribution in [2.45, 2.75) is 32.2 Å². The first-order valence-corrected chi connectivity index (χ1v) is 6.18. The number of nitrogens with two attached hydrogens (primary N) is 1. The van der Waals surface area contributed by atoms with Crippen LogP contribution in [0.5, 0.6) is 0 Å². The van der Waals surface area contributed by atoms with E-state index in [1.807, 2.05) is 12.1 Å². The molecule has 94 valence electrons. The molecule has 1 saturated carbocycles. The van der Waals surface area contributed by atoms with Crippen LogP contribution in [0.25, 0.3) is 5.69 Å². The Labute approximate surface area is 106 Å². The lowest BCUT2D eigenvalue weighted by atomic mass is 9.57. The summed E-state index contributed by atoms with van der Waals surface area (Å²) in [5, 5.41) is 11.2. The van der Waals surface area contributed by atoms with Gasteiger partial charge in [-0.15, -0.1) is 5.10 Å². The molecule has 1 heterocycles. The molecule has 5 nitrogen and oxygen atoms in total. The van der Waals surface area contributed by atoms with E-state index in [9.17, 15) is 0 Å². The highest BCUT2D eigenvalue weighted by molar-refractivity contribution is 5.38. The summed E-state index contributed by atoms with van der Waals surface area (Å²) in [5.74, 6) is 0.518. The van der Waals surface area contributed by atoms with E-state index in [-0.39, 0.29) is 5.41 Å². The average Bonchev–Trinajstić information content (AvgIpc) is 2.90. The number of aromatic nitrogens is 4. The summed E-state index contributed by atoms with van der Waals surface area (Å²) >= 11 is 0. The second-order valence-corrected chi connectivity index (χ2v) is 5.57. The molecule has 2 N–H and O–H groups in total. The number of benzene rings is 1. The van der Waals surface area contributed by atoms with E-state index in [4.69, 9.17) is 5.73 Å². The molecular weight excluding hydrogens is 226 g/mol. The van der Waals surface area contributed by atoms with Gasteiger partial charge in [0.05, 0.1) is 5.69 Å². The number of hydrogen-bond acceptors (Lipinski definition) is 4. The standard InChI is InChI=1S/C13H17N5/c1-13(2)11(7-12(13)14)9-4-3-5-10(6-9)18-8-15-16-17-18/h3-6,8,11-12H,7,14H2,1-2H3. The smallest absolute Gasteiger partial charge is 0.143 e. The van der Waals surface area contributed by atoms with Gasteiger partial charge in [-0.1, -0.05) is 26.0 Å². The zero-order valence-corrected chi connectivity index (χ0v) is 10.6. The fraction of sp³-hybridized carbons (Fsp3) is 0.462. The van der Waals surface area contributed by atoms with Crippen molar-refractivity contribution in [2.24, 2.45) is 11.1 Å².